The van der Waals surface area contributed by atoms with Gasteiger partial charge in [0, 0.05) is 0 Å². The smallest absolute Gasteiger partial charge is 0.179 e. The number of rotatable bonds is 4. The maximum absolute atomic E-state index is 14.0. The van der Waals surface area contributed by atoms with Crippen LogP contribution in [0.25, 0.3) is 0 Å². The number of carbonyl (C=O) groups is 2. The molecule has 0 aliphatic carbocycles. The van der Waals surface area contributed by atoms with Crippen molar-refractivity contribution < 1.29 is 23.5 Å². The van der Waals surface area contributed by atoms with Crippen molar-refractivity contribution in [2.75, 3.05) is 0 Å². The molecule has 148 valence electrons. The second-order valence-corrected chi connectivity index (χ2v) is 8.03. The fraction of sp³-hybridized carbons (Fsp3) is 0.391. The Kier molecular flexibility index (Phi) is 5.15. The predicted molar refractivity (Wildman–Crippen MR) is 104 cm³/mol. The molecule has 1 aliphatic rings. The summed E-state index contributed by atoms with van der Waals surface area (Å²) in [6, 6.07) is 11.3. The van der Waals surface area contributed by atoms with Gasteiger partial charge >= 0.3 is 0 Å². The van der Waals surface area contributed by atoms with Gasteiger partial charge < -0.3 is 9.47 Å². The first kappa shape index (κ1) is 20.2. The van der Waals surface area contributed by atoms with Crippen molar-refractivity contribution in [1.82, 2.24) is 0 Å². The van der Waals surface area contributed by atoms with E-state index >= 15 is 0 Å². The van der Waals surface area contributed by atoms with Gasteiger partial charge in [0.2, 0.25) is 0 Å². The second kappa shape index (κ2) is 7.13. The molecule has 0 aromatic heterocycles. The molecular weight excluding hydrogens is 359 g/mol. The van der Waals surface area contributed by atoms with Crippen LogP contribution in [0, 0.1) is 5.82 Å². The van der Waals surface area contributed by atoms with Crippen molar-refractivity contribution in [2.45, 2.75) is 58.2 Å². The number of aryl methyl sites for hydroxylation is 1. The van der Waals surface area contributed by atoms with Gasteiger partial charge in [-0.05, 0) is 69.5 Å². The largest absolute Gasteiger partial charge is 0.454 e. The molecule has 0 amide bonds. The highest BCUT2D eigenvalue weighted by Gasteiger charge is 2.53. The quantitative estimate of drug-likeness (QED) is 0.697. The third kappa shape index (κ3) is 3.59. The van der Waals surface area contributed by atoms with Crippen molar-refractivity contribution >= 4 is 11.6 Å². The van der Waals surface area contributed by atoms with Crippen LogP contribution in [0.1, 0.15) is 51.7 Å². The molecule has 2 aromatic carbocycles. The lowest BCUT2D eigenvalue weighted by atomic mass is 9.73. The standard InChI is InChI=1S/C23H25FO4/c1-6-14-11-12-15(27-18-10-8-7-9-17(18)24)13-16(14)19-20(25)22(2,3)28-23(4,5)21(19)26/h7-13,19H,6H2,1-5H3. The first-order valence-electron chi connectivity index (χ1n) is 9.41. The van der Waals surface area contributed by atoms with Crippen LogP contribution >= 0.6 is 0 Å². The van der Waals surface area contributed by atoms with Gasteiger partial charge in [0.05, 0.1) is 0 Å². The number of ether oxygens (including phenoxy) is 2. The zero-order chi connectivity index (χ0) is 20.7. The Hall–Kier alpha value is -2.53. The predicted octanol–water partition coefficient (Wildman–Crippen LogP) is 4.99. The summed E-state index contributed by atoms with van der Waals surface area (Å²) in [4.78, 5) is 26.2. The van der Waals surface area contributed by atoms with Crippen LogP contribution in [0.15, 0.2) is 42.5 Å². The lowest BCUT2D eigenvalue weighted by Crippen LogP contribution is -2.58. The summed E-state index contributed by atoms with van der Waals surface area (Å²) in [6.45, 7) is 8.69. The summed E-state index contributed by atoms with van der Waals surface area (Å²) in [5.41, 5.74) is -0.706. The molecule has 2 aromatic rings. The molecule has 0 N–H and O–H groups in total. The molecular formula is C23H25FO4. The Bertz CT molecular complexity index is 904. The van der Waals surface area contributed by atoms with E-state index < -0.39 is 22.9 Å². The van der Waals surface area contributed by atoms with Crippen LogP contribution in [-0.2, 0) is 20.7 Å². The molecule has 1 heterocycles. The highest BCUT2D eigenvalue weighted by Crippen LogP contribution is 2.41. The number of hydrogen-bond acceptors (Lipinski definition) is 4. The summed E-state index contributed by atoms with van der Waals surface area (Å²) in [6.07, 6.45) is 0.647. The molecule has 1 fully saturated rings. The molecule has 1 aliphatic heterocycles. The molecule has 4 nitrogen and oxygen atoms in total. The molecule has 0 spiro atoms. The number of carbonyl (C=O) groups excluding carboxylic acids is 2. The number of Topliss-reactive ketones (excluding diaryl/α,β-unsaturated/α-hetero) is 2. The fourth-order valence-corrected chi connectivity index (χ4v) is 3.72. The van der Waals surface area contributed by atoms with Crippen LogP contribution in [-0.4, -0.2) is 22.8 Å². The van der Waals surface area contributed by atoms with Gasteiger partial charge in [0.25, 0.3) is 0 Å². The number of benzene rings is 2. The molecule has 28 heavy (non-hydrogen) atoms. The van der Waals surface area contributed by atoms with E-state index in [1.807, 2.05) is 13.0 Å². The summed E-state index contributed by atoms with van der Waals surface area (Å²) in [5, 5.41) is 0. The Labute approximate surface area is 164 Å². The van der Waals surface area contributed by atoms with Crippen molar-refractivity contribution in [3.05, 3.63) is 59.4 Å². The SMILES string of the molecule is CCc1ccc(Oc2ccccc2F)cc1C1C(=O)C(C)(C)OC(C)(C)C1=O. The van der Waals surface area contributed by atoms with Crippen molar-refractivity contribution in [1.29, 1.82) is 0 Å². The number of ketones is 2. The van der Waals surface area contributed by atoms with Crippen molar-refractivity contribution in [3.63, 3.8) is 0 Å². The number of para-hydroxylation sites is 1. The Morgan fingerprint density at radius 3 is 2.18 bits per heavy atom. The minimum Gasteiger partial charge on any atom is -0.454 e. The first-order chi connectivity index (χ1) is 13.1. The summed E-state index contributed by atoms with van der Waals surface area (Å²) >= 11 is 0. The zero-order valence-corrected chi connectivity index (χ0v) is 16.8. The Balaban J connectivity index is 2.08. The van der Waals surface area contributed by atoms with E-state index in [9.17, 15) is 14.0 Å². The first-order valence-corrected chi connectivity index (χ1v) is 9.41. The van der Waals surface area contributed by atoms with Crippen LogP contribution in [0.5, 0.6) is 11.5 Å². The molecule has 1 saturated heterocycles. The minimum atomic E-state index is -1.09. The second-order valence-electron chi connectivity index (χ2n) is 8.03. The van der Waals surface area contributed by atoms with Gasteiger partial charge in [0.1, 0.15) is 22.9 Å². The molecule has 0 saturated carbocycles. The Morgan fingerprint density at radius 1 is 1.00 bits per heavy atom. The fourth-order valence-electron chi connectivity index (χ4n) is 3.72. The van der Waals surface area contributed by atoms with Crippen LogP contribution in [0.4, 0.5) is 4.39 Å². The lowest BCUT2D eigenvalue weighted by molar-refractivity contribution is -0.184. The van der Waals surface area contributed by atoms with Gasteiger partial charge in [0.15, 0.2) is 23.1 Å². The average molecular weight is 384 g/mol. The molecule has 0 atom stereocenters. The molecule has 0 bridgehead atoms. The van der Waals surface area contributed by atoms with Crippen LogP contribution in [0.2, 0.25) is 0 Å². The molecule has 0 unspecified atom stereocenters. The average Bonchev–Trinajstić information content (AvgIpc) is 2.62. The summed E-state index contributed by atoms with van der Waals surface area (Å²) in [5.74, 6) is -1.53. The van der Waals surface area contributed by atoms with Gasteiger partial charge in [-0.15, -0.1) is 0 Å². The van der Waals surface area contributed by atoms with E-state index in [0.29, 0.717) is 17.7 Å². The maximum Gasteiger partial charge on any atom is 0.179 e. The Morgan fingerprint density at radius 2 is 1.61 bits per heavy atom. The van der Waals surface area contributed by atoms with Gasteiger partial charge in [-0.3, -0.25) is 9.59 Å². The van der Waals surface area contributed by atoms with E-state index in [1.165, 1.54) is 12.1 Å². The van der Waals surface area contributed by atoms with Gasteiger partial charge in [-0.2, -0.15) is 0 Å². The summed E-state index contributed by atoms with van der Waals surface area (Å²) in [7, 11) is 0. The van der Waals surface area contributed by atoms with Crippen LogP contribution < -0.4 is 4.74 Å². The van der Waals surface area contributed by atoms with E-state index in [4.69, 9.17) is 9.47 Å². The van der Waals surface area contributed by atoms with E-state index in [2.05, 4.69) is 0 Å². The topological polar surface area (TPSA) is 52.6 Å². The van der Waals surface area contributed by atoms with Crippen LogP contribution in [0.3, 0.4) is 0 Å². The molecule has 5 heteroatoms. The van der Waals surface area contributed by atoms with E-state index in [0.717, 1.165) is 5.56 Å². The minimum absolute atomic E-state index is 0.0861. The highest BCUT2D eigenvalue weighted by molar-refractivity contribution is 6.15. The lowest BCUT2D eigenvalue weighted by Gasteiger charge is -2.43. The normalized spacial score (nSPS) is 18.9. The third-order valence-electron chi connectivity index (χ3n) is 5.10. The van der Waals surface area contributed by atoms with E-state index in [1.54, 1.807) is 52.0 Å². The molecule has 3 rings (SSSR count). The summed E-state index contributed by atoms with van der Waals surface area (Å²) < 4.78 is 25.4. The number of hydrogen-bond donors (Lipinski definition) is 0. The maximum atomic E-state index is 14.0. The molecule has 0 radical (unpaired) electrons. The number of halogens is 1. The van der Waals surface area contributed by atoms with Gasteiger partial charge in [-0.25, -0.2) is 4.39 Å². The van der Waals surface area contributed by atoms with Crippen molar-refractivity contribution in [3.8, 4) is 11.5 Å². The van der Waals surface area contributed by atoms with Gasteiger partial charge in [-0.1, -0.05) is 25.1 Å². The highest BCUT2D eigenvalue weighted by atomic mass is 19.1. The van der Waals surface area contributed by atoms with Crippen molar-refractivity contribution in [2.24, 2.45) is 0 Å². The third-order valence-corrected chi connectivity index (χ3v) is 5.10. The monoisotopic (exact) mass is 384 g/mol. The zero-order valence-electron chi connectivity index (χ0n) is 16.8. The van der Waals surface area contributed by atoms with E-state index in [-0.39, 0.29) is 17.3 Å².